The molecule has 0 bridgehead atoms. The number of carbonyl (C=O) groups excluding carboxylic acids is 4. The Morgan fingerprint density at radius 3 is 2.40 bits per heavy atom. The van der Waals surface area contributed by atoms with Gasteiger partial charge in [-0.25, -0.2) is 13.6 Å². The average Bonchev–Trinajstić information content (AvgIpc) is 3.61. The van der Waals surface area contributed by atoms with E-state index >= 15 is 4.39 Å². The topological polar surface area (TPSA) is 99.3 Å². The van der Waals surface area contributed by atoms with E-state index < -0.39 is 67.9 Å². The van der Waals surface area contributed by atoms with Crippen LogP contribution in [0.4, 0.5) is 26.7 Å². The van der Waals surface area contributed by atoms with Crippen LogP contribution >= 0.6 is 0 Å². The van der Waals surface area contributed by atoms with Gasteiger partial charge >= 0.3 is 12.3 Å². The third kappa shape index (κ3) is 7.54. The Labute approximate surface area is 256 Å². The smallest absolute Gasteiger partial charge is 0.422 e. The van der Waals surface area contributed by atoms with Gasteiger partial charge < -0.3 is 19.9 Å². The van der Waals surface area contributed by atoms with Gasteiger partial charge in [0.2, 0.25) is 17.7 Å². The van der Waals surface area contributed by atoms with E-state index in [2.05, 4.69) is 10.1 Å². The number of carbonyl (C=O) groups is 4. The monoisotopic (exact) mass is 636 g/mol. The summed E-state index contributed by atoms with van der Waals surface area (Å²) in [6.45, 7) is -1.67. The van der Waals surface area contributed by atoms with Gasteiger partial charge in [0.1, 0.15) is 24.6 Å². The molecule has 45 heavy (non-hydrogen) atoms. The standard InChI is InChI=1S/C31H33F5N4O5/c1-30(9-10-30)22-8-7-20(13-23(22)33)27(19-5-3-2-4-6-19)37-28(43)24-14-21(32)15-40(24)26(42)17-38-11-12-39(16-25(38)41)29(44)45-18-31(34,35)36/h2-8,13,21,24,27H,9-12,14-18H2,1H3,(H,37,43). The maximum absolute atomic E-state index is 15.2. The van der Waals surface area contributed by atoms with Crippen molar-refractivity contribution in [3.8, 4) is 0 Å². The van der Waals surface area contributed by atoms with Gasteiger partial charge in [0.25, 0.3) is 0 Å². The quantitative estimate of drug-likeness (QED) is 0.444. The van der Waals surface area contributed by atoms with Crippen LogP contribution in [0.1, 0.15) is 48.9 Å². The molecule has 2 saturated heterocycles. The number of nitrogens with one attached hydrogen (secondary N) is 1. The maximum atomic E-state index is 15.2. The fourth-order valence-electron chi connectivity index (χ4n) is 5.73. The molecule has 3 unspecified atom stereocenters. The van der Waals surface area contributed by atoms with Crippen molar-refractivity contribution < 1.29 is 45.9 Å². The van der Waals surface area contributed by atoms with Crippen LogP contribution < -0.4 is 5.32 Å². The van der Waals surface area contributed by atoms with E-state index in [1.165, 1.54) is 6.07 Å². The van der Waals surface area contributed by atoms with Crippen molar-refractivity contribution in [1.82, 2.24) is 20.0 Å². The molecular formula is C31H33F5N4O5. The van der Waals surface area contributed by atoms with E-state index in [0.717, 1.165) is 27.5 Å². The first-order valence-electron chi connectivity index (χ1n) is 14.6. The van der Waals surface area contributed by atoms with Gasteiger partial charge in [0, 0.05) is 19.5 Å². The lowest BCUT2D eigenvalue weighted by Crippen LogP contribution is -2.56. The van der Waals surface area contributed by atoms with Crippen molar-refractivity contribution in [2.75, 3.05) is 39.3 Å². The van der Waals surface area contributed by atoms with Crippen molar-refractivity contribution in [2.24, 2.45) is 0 Å². The van der Waals surface area contributed by atoms with Gasteiger partial charge in [-0.3, -0.25) is 19.3 Å². The van der Waals surface area contributed by atoms with Crippen molar-refractivity contribution in [2.45, 2.75) is 56.0 Å². The number of benzene rings is 2. The first kappa shape index (κ1) is 32.2. The van der Waals surface area contributed by atoms with Crippen molar-refractivity contribution >= 4 is 23.8 Å². The Balaban J connectivity index is 1.25. The Morgan fingerprint density at radius 2 is 1.78 bits per heavy atom. The lowest BCUT2D eigenvalue weighted by Gasteiger charge is -2.35. The predicted molar refractivity (Wildman–Crippen MR) is 150 cm³/mol. The molecule has 0 spiro atoms. The number of alkyl halides is 4. The minimum absolute atomic E-state index is 0.174. The predicted octanol–water partition coefficient (Wildman–Crippen LogP) is 3.86. The number of piperazine rings is 1. The molecule has 14 heteroatoms. The van der Waals surface area contributed by atoms with E-state index in [1.807, 2.05) is 6.92 Å². The molecule has 1 aliphatic carbocycles. The zero-order valence-electron chi connectivity index (χ0n) is 24.5. The summed E-state index contributed by atoms with van der Waals surface area (Å²) < 4.78 is 71.1. The van der Waals surface area contributed by atoms with Crippen molar-refractivity contribution in [3.63, 3.8) is 0 Å². The summed E-state index contributed by atoms with van der Waals surface area (Å²) in [6, 6.07) is 11.7. The second-order valence-corrected chi connectivity index (χ2v) is 12.0. The first-order valence-corrected chi connectivity index (χ1v) is 14.6. The molecule has 5 rings (SSSR count). The highest BCUT2D eigenvalue weighted by atomic mass is 19.4. The summed E-state index contributed by atoms with van der Waals surface area (Å²) in [5.41, 5.74) is 1.52. The van der Waals surface area contributed by atoms with Gasteiger partial charge in [0.05, 0.1) is 19.1 Å². The lowest BCUT2D eigenvalue weighted by atomic mass is 9.92. The fraction of sp³-hybridized carbons (Fsp3) is 0.484. The van der Waals surface area contributed by atoms with Crippen LogP contribution in [0.5, 0.6) is 0 Å². The van der Waals surface area contributed by atoms with Crippen LogP contribution in [0.3, 0.4) is 0 Å². The molecule has 1 N–H and O–H groups in total. The average molecular weight is 637 g/mol. The molecule has 3 fully saturated rings. The number of nitrogens with zero attached hydrogens (tertiary/aromatic N) is 3. The summed E-state index contributed by atoms with van der Waals surface area (Å²) in [7, 11) is 0. The summed E-state index contributed by atoms with van der Waals surface area (Å²) in [5.74, 6) is -2.46. The molecule has 2 aromatic carbocycles. The SMILES string of the molecule is CC1(c2ccc(C(NC(=O)C3CC(F)CN3C(=O)CN3CCN(C(=O)OCC(F)(F)F)CC3=O)c3ccccc3)cc2F)CC1. The molecule has 0 aromatic heterocycles. The Bertz CT molecular complexity index is 1450. The van der Waals surface area contributed by atoms with Crippen molar-refractivity contribution in [1.29, 1.82) is 0 Å². The number of amides is 4. The Hall–Kier alpha value is -4.23. The molecular weight excluding hydrogens is 603 g/mol. The summed E-state index contributed by atoms with van der Waals surface area (Å²) in [5, 5.41) is 2.87. The van der Waals surface area contributed by atoms with E-state index in [1.54, 1.807) is 42.5 Å². The van der Waals surface area contributed by atoms with Crippen LogP contribution in [0.2, 0.25) is 0 Å². The van der Waals surface area contributed by atoms with Gasteiger partial charge in [-0.1, -0.05) is 49.4 Å². The third-order valence-electron chi connectivity index (χ3n) is 8.53. The van der Waals surface area contributed by atoms with Gasteiger partial charge in [-0.2, -0.15) is 13.2 Å². The molecule has 2 heterocycles. The van der Waals surface area contributed by atoms with Gasteiger partial charge in [0.15, 0.2) is 6.61 Å². The number of halogens is 5. The number of ether oxygens (including phenoxy) is 1. The number of likely N-dealkylation sites (tertiary alicyclic amines) is 1. The lowest BCUT2D eigenvalue weighted by molar-refractivity contribution is -0.163. The van der Waals surface area contributed by atoms with Gasteiger partial charge in [-0.15, -0.1) is 0 Å². The molecule has 0 radical (unpaired) electrons. The normalized spacial score (nSPS) is 21.8. The molecule has 1 saturated carbocycles. The van der Waals surface area contributed by atoms with Crippen LogP contribution in [-0.2, 0) is 24.5 Å². The molecule has 3 aliphatic rings. The van der Waals surface area contributed by atoms with Crippen LogP contribution in [0, 0.1) is 5.82 Å². The molecule has 242 valence electrons. The largest absolute Gasteiger partial charge is 0.440 e. The maximum Gasteiger partial charge on any atom is 0.422 e. The Kier molecular flexibility index (Phi) is 9.04. The van der Waals surface area contributed by atoms with E-state index in [9.17, 15) is 36.7 Å². The van der Waals surface area contributed by atoms with E-state index in [-0.39, 0.29) is 37.3 Å². The minimum atomic E-state index is -4.72. The molecule has 3 atom stereocenters. The first-order chi connectivity index (χ1) is 21.2. The number of hydrogen-bond acceptors (Lipinski definition) is 5. The zero-order chi connectivity index (χ0) is 32.5. The van der Waals surface area contributed by atoms with Crippen LogP contribution in [0.15, 0.2) is 48.5 Å². The molecule has 2 aliphatic heterocycles. The highest BCUT2D eigenvalue weighted by Crippen LogP contribution is 2.48. The van der Waals surface area contributed by atoms with E-state index in [0.29, 0.717) is 16.7 Å². The zero-order valence-corrected chi connectivity index (χ0v) is 24.5. The van der Waals surface area contributed by atoms with Gasteiger partial charge in [-0.05, 0) is 41.0 Å². The van der Waals surface area contributed by atoms with Crippen molar-refractivity contribution in [3.05, 3.63) is 71.0 Å². The summed E-state index contributed by atoms with van der Waals surface area (Å²) in [6.07, 6.45) is -6.06. The summed E-state index contributed by atoms with van der Waals surface area (Å²) in [4.78, 5) is 54.3. The third-order valence-corrected chi connectivity index (χ3v) is 8.53. The number of rotatable bonds is 8. The fourth-order valence-corrected chi connectivity index (χ4v) is 5.73. The highest BCUT2D eigenvalue weighted by molar-refractivity contribution is 5.92. The van der Waals surface area contributed by atoms with Crippen LogP contribution in [-0.4, -0.2) is 96.2 Å². The second-order valence-electron chi connectivity index (χ2n) is 12.0. The highest BCUT2D eigenvalue weighted by Gasteiger charge is 2.43. The molecule has 2 aromatic rings. The summed E-state index contributed by atoms with van der Waals surface area (Å²) >= 11 is 0. The van der Waals surface area contributed by atoms with Crippen LogP contribution in [0.25, 0.3) is 0 Å². The number of hydrogen-bond donors (Lipinski definition) is 1. The minimum Gasteiger partial charge on any atom is -0.440 e. The second kappa shape index (κ2) is 12.6. The van der Waals surface area contributed by atoms with E-state index in [4.69, 9.17) is 0 Å². The Morgan fingerprint density at radius 1 is 1.07 bits per heavy atom. The molecule has 4 amide bonds. The molecule has 9 nitrogen and oxygen atoms in total.